The van der Waals surface area contributed by atoms with Crippen molar-refractivity contribution in [2.24, 2.45) is 5.92 Å². The van der Waals surface area contributed by atoms with Crippen LogP contribution in [-0.4, -0.2) is 38.4 Å². The third-order valence-corrected chi connectivity index (χ3v) is 7.60. The van der Waals surface area contributed by atoms with Crippen LogP contribution in [0.2, 0.25) is 0 Å². The van der Waals surface area contributed by atoms with E-state index in [0.29, 0.717) is 24.8 Å². The maximum Gasteiger partial charge on any atom is 0.264 e. The number of ether oxygens (including phenoxy) is 1. The Morgan fingerprint density at radius 2 is 1.82 bits per heavy atom. The van der Waals surface area contributed by atoms with E-state index in [1.165, 1.54) is 6.33 Å². The Labute approximate surface area is 227 Å². The average Bonchev–Trinajstić information content (AvgIpc) is 3.73. The van der Waals surface area contributed by atoms with E-state index in [1.54, 1.807) is 0 Å². The molecule has 3 heterocycles. The number of carbonyl (C=O) groups excluding carboxylic acids is 1. The Morgan fingerprint density at radius 1 is 1.08 bits per heavy atom. The van der Waals surface area contributed by atoms with Crippen molar-refractivity contribution in [2.45, 2.75) is 38.6 Å². The van der Waals surface area contributed by atoms with Crippen molar-refractivity contribution in [1.29, 1.82) is 5.26 Å². The van der Waals surface area contributed by atoms with Gasteiger partial charge in [0.25, 0.3) is 5.91 Å². The summed E-state index contributed by atoms with van der Waals surface area (Å²) in [5, 5.41) is 10.4. The number of benzene rings is 2. The van der Waals surface area contributed by atoms with Crippen molar-refractivity contribution >= 4 is 22.8 Å². The van der Waals surface area contributed by atoms with Gasteiger partial charge in [0.2, 0.25) is 0 Å². The molecule has 0 radical (unpaired) electrons. The molecule has 2 aliphatic rings. The van der Waals surface area contributed by atoms with Crippen LogP contribution in [0.5, 0.6) is 11.5 Å². The van der Waals surface area contributed by atoms with Crippen LogP contribution in [0.3, 0.4) is 0 Å². The zero-order valence-corrected chi connectivity index (χ0v) is 21.9. The van der Waals surface area contributed by atoms with Gasteiger partial charge in [-0.1, -0.05) is 36.4 Å². The van der Waals surface area contributed by atoms with E-state index in [2.05, 4.69) is 27.5 Å². The van der Waals surface area contributed by atoms with Crippen molar-refractivity contribution in [3.8, 4) is 28.7 Å². The molecule has 1 atom stereocenters. The van der Waals surface area contributed by atoms with Gasteiger partial charge in [0.05, 0.1) is 11.4 Å². The average molecular weight is 519 g/mol. The first-order chi connectivity index (χ1) is 19.0. The number of likely N-dealkylation sites (tertiary alicyclic amines) is 1. The highest BCUT2D eigenvalue weighted by Gasteiger charge is 2.31. The molecule has 1 saturated heterocycles. The maximum atomic E-state index is 13.2. The van der Waals surface area contributed by atoms with Crippen molar-refractivity contribution in [3.05, 3.63) is 78.3 Å². The predicted octanol–water partition coefficient (Wildman–Crippen LogP) is 5.80. The molecule has 2 N–H and O–H groups in total. The Balaban J connectivity index is 1.34. The number of hydrogen-bond donors (Lipinski definition) is 1. The molecule has 0 spiro atoms. The highest BCUT2D eigenvalue weighted by Crippen LogP contribution is 2.40. The molecule has 2 aromatic carbocycles. The fourth-order valence-electron chi connectivity index (χ4n) is 5.56. The summed E-state index contributed by atoms with van der Waals surface area (Å²) in [6.45, 7) is 3.23. The fourth-order valence-corrected chi connectivity index (χ4v) is 5.56. The van der Waals surface area contributed by atoms with Crippen LogP contribution >= 0.6 is 0 Å². The molecular formula is C31H30N6O2. The third kappa shape index (κ3) is 4.84. The summed E-state index contributed by atoms with van der Waals surface area (Å²) in [5.41, 5.74) is 10.4. The van der Waals surface area contributed by atoms with E-state index < -0.39 is 0 Å². The number of nitrogen functional groups attached to an aromatic ring is 1. The van der Waals surface area contributed by atoms with Crippen LogP contribution in [0.4, 0.5) is 5.82 Å². The van der Waals surface area contributed by atoms with E-state index in [4.69, 9.17) is 10.5 Å². The molecular weight excluding hydrogens is 488 g/mol. The van der Waals surface area contributed by atoms with E-state index in [9.17, 15) is 10.1 Å². The van der Waals surface area contributed by atoms with E-state index in [1.807, 2.05) is 65.6 Å². The molecule has 0 unspecified atom stereocenters. The topological polar surface area (TPSA) is 110 Å². The van der Waals surface area contributed by atoms with Gasteiger partial charge in [-0.25, -0.2) is 9.97 Å². The first-order valence-corrected chi connectivity index (χ1v) is 13.4. The second-order valence-corrected chi connectivity index (χ2v) is 10.3. The van der Waals surface area contributed by atoms with Gasteiger partial charge >= 0.3 is 0 Å². The summed E-state index contributed by atoms with van der Waals surface area (Å²) >= 11 is 0. The Hall–Kier alpha value is -4.64. The molecule has 2 aromatic heterocycles. The van der Waals surface area contributed by atoms with Gasteiger partial charge in [0.1, 0.15) is 40.9 Å². The molecule has 196 valence electrons. The Morgan fingerprint density at radius 3 is 2.54 bits per heavy atom. The second kappa shape index (κ2) is 10.3. The zero-order chi connectivity index (χ0) is 26.9. The lowest BCUT2D eigenvalue weighted by Crippen LogP contribution is -2.41. The molecule has 39 heavy (non-hydrogen) atoms. The summed E-state index contributed by atoms with van der Waals surface area (Å²) in [7, 11) is 0. The number of piperidine rings is 1. The highest BCUT2D eigenvalue weighted by molar-refractivity contribution is 6.02. The molecule has 1 aliphatic carbocycles. The number of nitrogens with two attached hydrogens (primary N) is 1. The van der Waals surface area contributed by atoms with Crippen molar-refractivity contribution in [1.82, 2.24) is 19.4 Å². The van der Waals surface area contributed by atoms with Crippen LogP contribution in [0.1, 0.15) is 37.4 Å². The number of aromatic nitrogens is 3. The van der Waals surface area contributed by atoms with Gasteiger partial charge in [-0.3, -0.25) is 4.79 Å². The second-order valence-electron chi connectivity index (χ2n) is 10.3. The predicted molar refractivity (Wildman–Crippen MR) is 150 cm³/mol. The lowest BCUT2D eigenvalue weighted by Gasteiger charge is -2.34. The molecule has 8 heteroatoms. The molecule has 8 nitrogen and oxygen atoms in total. The number of anilines is 1. The monoisotopic (exact) mass is 518 g/mol. The number of carbonyl (C=O) groups is 1. The normalized spacial score (nSPS) is 17.7. The number of hydrogen-bond acceptors (Lipinski definition) is 6. The van der Waals surface area contributed by atoms with E-state index in [0.717, 1.165) is 65.0 Å². The number of para-hydroxylation sites is 1. The number of amides is 1. The van der Waals surface area contributed by atoms with Crippen LogP contribution in [0.25, 0.3) is 22.2 Å². The van der Waals surface area contributed by atoms with Gasteiger partial charge in [-0.05, 0) is 68.4 Å². The molecule has 1 amide bonds. The first kappa shape index (κ1) is 24.7. The Kier molecular flexibility index (Phi) is 6.49. The lowest BCUT2D eigenvalue weighted by atomic mass is 10.0. The quantitative estimate of drug-likeness (QED) is 0.255. The molecule has 6 rings (SSSR count). The van der Waals surface area contributed by atoms with Gasteiger partial charge in [0.15, 0.2) is 0 Å². The molecule has 4 aromatic rings. The van der Waals surface area contributed by atoms with Gasteiger partial charge in [0, 0.05) is 24.3 Å². The van der Waals surface area contributed by atoms with E-state index in [-0.39, 0.29) is 17.5 Å². The minimum atomic E-state index is -0.174. The summed E-state index contributed by atoms with van der Waals surface area (Å²) < 4.78 is 8.18. The summed E-state index contributed by atoms with van der Waals surface area (Å²) in [6.07, 6.45) is 7.19. The van der Waals surface area contributed by atoms with Crippen molar-refractivity contribution in [3.63, 3.8) is 0 Å². The SMILES string of the molecule is Cc1c(-c2ccc(Oc3ccccc3)cc2)c2c(N)ncnc2n1[C@H]1CCCN(C(=O)C(C#N)=CC2CC2)C1. The van der Waals surface area contributed by atoms with Crippen LogP contribution in [0, 0.1) is 24.2 Å². The smallest absolute Gasteiger partial charge is 0.264 e. The standard InChI is InChI=1S/C31H30N6O2/c1-20-27(22-11-13-26(14-12-22)39-25-7-3-2-4-8-25)28-29(33)34-19-35-30(28)37(20)24-6-5-15-36(18-24)31(38)23(17-32)16-21-9-10-21/h2-4,7-8,11-14,16,19,21,24H,5-6,9-10,15,18H2,1H3,(H2,33,34,35)/t24-/m0/s1. The highest BCUT2D eigenvalue weighted by atomic mass is 16.5. The summed E-state index contributed by atoms with van der Waals surface area (Å²) in [6, 6.07) is 19.8. The van der Waals surface area contributed by atoms with Gasteiger partial charge in [-0.15, -0.1) is 0 Å². The van der Waals surface area contributed by atoms with Crippen molar-refractivity contribution < 1.29 is 9.53 Å². The minimum Gasteiger partial charge on any atom is -0.457 e. The molecule has 1 aliphatic heterocycles. The Bertz CT molecular complexity index is 1600. The first-order valence-electron chi connectivity index (χ1n) is 13.4. The van der Waals surface area contributed by atoms with Crippen LogP contribution in [0.15, 0.2) is 72.6 Å². The van der Waals surface area contributed by atoms with Crippen LogP contribution in [-0.2, 0) is 4.79 Å². The number of nitriles is 1. The van der Waals surface area contributed by atoms with E-state index >= 15 is 0 Å². The van der Waals surface area contributed by atoms with Gasteiger partial charge in [-0.2, -0.15) is 5.26 Å². The zero-order valence-electron chi connectivity index (χ0n) is 21.9. The number of nitrogens with zero attached hydrogens (tertiary/aromatic N) is 5. The largest absolute Gasteiger partial charge is 0.457 e. The molecule has 1 saturated carbocycles. The van der Waals surface area contributed by atoms with Crippen LogP contribution < -0.4 is 10.5 Å². The van der Waals surface area contributed by atoms with Crippen molar-refractivity contribution in [2.75, 3.05) is 18.8 Å². The minimum absolute atomic E-state index is 0.00908. The van der Waals surface area contributed by atoms with Gasteiger partial charge < -0.3 is 19.9 Å². The summed E-state index contributed by atoms with van der Waals surface area (Å²) in [5.74, 6) is 2.13. The lowest BCUT2D eigenvalue weighted by molar-refractivity contribution is -0.128. The fraction of sp³-hybridized carbons (Fsp3) is 0.290. The molecule has 0 bridgehead atoms. The maximum absolute atomic E-state index is 13.2. The number of rotatable bonds is 6. The number of fused-ring (bicyclic) bond motifs is 1. The third-order valence-electron chi connectivity index (χ3n) is 7.60. The number of allylic oxidation sites excluding steroid dienone is 1. The summed E-state index contributed by atoms with van der Waals surface area (Å²) in [4.78, 5) is 24.0. The molecule has 2 fully saturated rings.